The Morgan fingerprint density at radius 1 is 0.553 bits per heavy atom. The number of fused-ring (bicyclic) bond motifs is 8. The molecule has 2 heterocycles. The van der Waals surface area contributed by atoms with Gasteiger partial charge >= 0.3 is 0 Å². The van der Waals surface area contributed by atoms with E-state index in [0.29, 0.717) is 5.71 Å². The third-order valence-corrected chi connectivity index (χ3v) is 10.4. The van der Waals surface area contributed by atoms with Crippen LogP contribution < -0.4 is 0 Å². The molecule has 1 aliphatic rings. The number of benzene rings is 7. The average Bonchev–Trinajstić information content (AvgIpc) is 3.60. The van der Waals surface area contributed by atoms with Crippen LogP contribution in [-0.4, -0.2) is 15.3 Å². The molecule has 0 radical (unpaired) electrons. The minimum Gasteiger partial charge on any atom is -0.335 e. The van der Waals surface area contributed by atoms with Gasteiger partial charge in [0.1, 0.15) is 5.65 Å². The van der Waals surface area contributed by atoms with Gasteiger partial charge in [0.2, 0.25) is 0 Å². The molecule has 0 saturated heterocycles. The lowest BCUT2D eigenvalue weighted by Crippen LogP contribution is -2.04. The summed E-state index contributed by atoms with van der Waals surface area (Å²) in [5, 5.41) is 20.2. The van der Waals surface area contributed by atoms with Crippen molar-refractivity contribution in [3.8, 4) is 33.4 Å². The van der Waals surface area contributed by atoms with E-state index in [2.05, 4.69) is 114 Å². The van der Waals surface area contributed by atoms with Crippen LogP contribution in [0.3, 0.4) is 0 Å². The average molecular weight is 618 g/mol. The van der Waals surface area contributed by atoms with E-state index in [4.69, 9.17) is 12.6 Å². The molecule has 1 N–H and O–H groups in total. The van der Waals surface area contributed by atoms with E-state index in [9.17, 15) is 5.41 Å². The number of nitrogens with zero attached hydrogens (tertiary/aromatic N) is 2. The summed E-state index contributed by atoms with van der Waals surface area (Å²) in [6, 6.07) is 43.4. The fourth-order valence-corrected chi connectivity index (χ4v) is 8.17. The number of hydrogen-bond donors (Lipinski definition) is 2. The van der Waals surface area contributed by atoms with Gasteiger partial charge in [-0.1, -0.05) is 72.8 Å². The molecule has 0 bridgehead atoms. The molecule has 7 aromatic carbocycles. The molecule has 2 aromatic heterocycles. The lowest BCUT2D eigenvalue weighted by atomic mass is 9.88. The van der Waals surface area contributed by atoms with Crippen LogP contribution in [0.4, 0.5) is 0 Å². The topological polar surface area (TPSA) is 41.7 Å². The van der Waals surface area contributed by atoms with E-state index in [1.165, 1.54) is 49.2 Å². The molecule has 0 saturated carbocycles. The van der Waals surface area contributed by atoms with Crippen molar-refractivity contribution in [2.45, 2.75) is 4.90 Å². The molecule has 0 atom stereocenters. The predicted molar refractivity (Wildman–Crippen MR) is 200 cm³/mol. The summed E-state index contributed by atoms with van der Waals surface area (Å²) in [6.07, 6.45) is 4.02. The second-order valence-electron chi connectivity index (χ2n) is 12.6. The Morgan fingerprint density at radius 3 is 2.15 bits per heavy atom. The van der Waals surface area contributed by atoms with E-state index in [1.807, 2.05) is 36.5 Å². The number of aryl methyl sites for hydroxylation is 1. The van der Waals surface area contributed by atoms with Gasteiger partial charge in [-0.15, -0.1) is 12.6 Å². The van der Waals surface area contributed by atoms with E-state index in [0.717, 1.165) is 54.3 Å². The van der Waals surface area contributed by atoms with Gasteiger partial charge in [-0.25, -0.2) is 4.98 Å². The summed E-state index contributed by atoms with van der Waals surface area (Å²) in [6.45, 7) is 0. The minimum absolute atomic E-state index is 0.469. The van der Waals surface area contributed by atoms with E-state index in [-0.39, 0.29) is 0 Å². The smallest absolute Gasteiger partial charge is 0.140 e. The maximum Gasteiger partial charge on any atom is 0.140 e. The standard InChI is InChI=1S/C43H27N3S/c1-46-23-39(32-13-7-17-45-43(32)46)28-15-16-31(42(44)33-10-4-5-14-40(33)47)36-21-26-20-35-30-12-6-11-29-27-9-3-2-8-24(27)18-38(41(29)30)37(35)22-25(26)19-34(28)36/h2-23,44,47H,1H3. The van der Waals surface area contributed by atoms with Crippen LogP contribution in [-0.2, 0) is 7.05 Å². The highest BCUT2D eigenvalue weighted by Crippen LogP contribution is 2.51. The highest BCUT2D eigenvalue weighted by Gasteiger charge is 2.24. The SMILES string of the molecule is Cn1cc(-c2ccc(C(=N)c3ccccc3S)c3cc4cc5c(cc4cc23)-c2cc3ccccc3c3cccc-5c23)c2cccnc21. The summed E-state index contributed by atoms with van der Waals surface area (Å²) < 4.78 is 2.10. The van der Waals surface area contributed by atoms with Crippen molar-refractivity contribution >= 4 is 72.5 Å². The van der Waals surface area contributed by atoms with Crippen LogP contribution in [0, 0.1) is 5.41 Å². The molecule has 0 unspecified atom stereocenters. The predicted octanol–water partition coefficient (Wildman–Crippen LogP) is 11.2. The minimum atomic E-state index is 0.469. The zero-order chi connectivity index (χ0) is 31.4. The highest BCUT2D eigenvalue weighted by atomic mass is 32.1. The third-order valence-electron chi connectivity index (χ3n) is 10.0. The first-order valence-corrected chi connectivity index (χ1v) is 16.3. The van der Waals surface area contributed by atoms with Gasteiger partial charge in [-0.05, 0) is 119 Å². The molecule has 10 rings (SSSR count). The second-order valence-corrected chi connectivity index (χ2v) is 13.1. The van der Waals surface area contributed by atoms with Crippen LogP contribution in [0.5, 0.6) is 0 Å². The molecule has 0 fully saturated rings. The van der Waals surface area contributed by atoms with Crippen molar-refractivity contribution < 1.29 is 0 Å². The van der Waals surface area contributed by atoms with Gasteiger partial charge in [0.15, 0.2) is 0 Å². The first-order chi connectivity index (χ1) is 23.0. The molecule has 0 amide bonds. The summed E-state index contributed by atoms with van der Waals surface area (Å²) in [7, 11) is 2.05. The summed E-state index contributed by atoms with van der Waals surface area (Å²) in [5.41, 5.74) is 10.5. The molecule has 220 valence electrons. The van der Waals surface area contributed by atoms with Crippen molar-refractivity contribution in [1.82, 2.24) is 9.55 Å². The Kier molecular flexibility index (Phi) is 5.44. The maximum atomic E-state index is 9.41. The largest absolute Gasteiger partial charge is 0.335 e. The zero-order valence-corrected chi connectivity index (χ0v) is 26.4. The lowest BCUT2D eigenvalue weighted by molar-refractivity contribution is 0.949. The number of aromatic nitrogens is 2. The summed E-state index contributed by atoms with van der Waals surface area (Å²) in [4.78, 5) is 5.47. The second kappa shape index (κ2) is 9.65. The number of rotatable bonds is 3. The molecular formula is C43H27N3S. The lowest BCUT2D eigenvalue weighted by Gasteiger charge is -2.16. The van der Waals surface area contributed by atoms with Crippen molar-refractivity contribution in [2.75, 3.05) is 0 Å². The fraction of sp³-hybridized carbons (Fsp3) is 0.0233. The highest BCUT2D eigenvalue weighted by molar-refractivity contribution is 7.80. The zero-order valence-electron chi connectivity index (χ0n) is 25.5. The Bertz CT molecular complexity index is 2840. The monoisotopic (exact) mass is 617 g/mol. The molecule has 1 aliphatic carbocycles. The quantitative estimate of drug-likeness (QED) is 0.0881. The van der Waals surface area contributed by atoms with Crippen molar-refractivity contribution in [3.63, 3.8) is 0 Å². The molecule has 4 heteroatoms. The fourth-order valence-electron chi connectivity index (χ4n) is 7.90. The van der Waals surface area contributed by atoms with Crippen LogP contribution in [0.2, 0.25) is 0 Å². The molecule has 0 aliphatic heterocycles. The first kappa shape index (κ1) is 26.5. The van der Waals surface area contributed by atoms with Gasteiger partial charge in [0.25, 0.3) is 0 Å². The molecule has 0 spiro atoms. The Hall–Kier alpha value is -5.71. The van der Waals surface area contributed by atoms with Crippen molar-refractivity contribution in [3.05, 3.63) is 145 Å². The first-order valence-electron chi connectivity index (χ1n) is 15.8. The Labute approximate surface area is 276 Å². The molecular weight excluding hydrogens is 591 g/mol. The van der Waals surface area contributed by atoms with Crippen LogP contribution in [0.25, 0.3) is 87.5 Å². The van der Waals surface area contributed by atoms with Gasteiger partial charge < -0.3 is 4.57 Å². The van der Waals surface area contributed by atoms with Gasteiger partial charge in [0, 0.05) is 46.4 Å². The van der Waals surface area contributed by atoms with Gasteiger partial charge in [-0.2, -0.15) is 0 Å². The van der Waals surface area contributed by atoms with Crippen molar-refractivity contribution in [2.24, 2.45) is 7.05 Å². The van der Waals surface area contributed by atoms with Crippen LogP contribution >= 0.6 is 12.6 Å². The Morgan fingerprint density at radius 2 is 1.28 bits per heavy atom. The van der Waals surface area contributed by atoms with Crippen LogP contribution in [0.1, 0.15) is 11.1 Å². The Balaban J connectivity index is 1.29. The van der Waals surface area contributed by atoms with E-state index in [1.54, 1.807) is 0 Å². The normalized spacial score (nSPS) is 12.1. The van der Waals surface area contributed by atoms with Crippen LogP contribution in [0.15, 0.2) is 139 Å². The van der Waals surface area contributed by atoms with Crippen molar-refractivity contribution in [1.29, 1.82) is 5.41 Å². The maximum absolute atomic E-state index is 9.41. The third kappa shape index (κ3) is 3.70. The summed E-state index contributed by atoms with van der Waals surface area (Å²) in [5.74, 6) is 0. The number of nitrogens with one attached hydrogen (secondary N) is 1. The molecule has 9 aromatic rings. The number of thiol groups is 1. The molecule has 47 heavy (non-hydrogen) atoms. The number of hydrogen-bond acceptors (Lipinski definition) is 3. The molecule has 3 nitrogen and oxygen atoms in total. The van der Waals surface area contributed by atoms with Gasteiger partial charge in [-0.3, -0.25) is 5.41 Å². The van der Waals surface area contributed by atoms with E-state index >= 15 is 0 Å². The van der Waals surface area contributed by atoms with Gasteiger partial charge in [0.05, 0.1) is 5.71 Å². The summed E-state index contributed by atoms with van der Waals surface area (Å²) >= 11 is 4.73. The number of pyridine rings is 1. The van der Waals surface area contributed by atoms with E-state index < -0.39 is 0 Å².